The lowest BCUT2D eigenvalue weighted by atomic mass is 10.3. The van der Waals surface area contributed by atoms with Gasteiger partial charge in [0.15, 0.2) is 11.2 Å². The fourth-order valence-electron chi connectivity index (χ4n) is 1.94. The van der Waals surface area contributed by atoms with Crippen LogP contribution in [0.5, 0.6) is 0 Å². The number of amidine groups is 1. The number of fused-ring (bicyclic) bond motifs is 1. The summed E-state index contributed by atoms with van der Waals surface area (Å²) in [4.78, 5) is 40.8. The molecule has 2 aromatic heterocycles. The Hall–Kier alpha value is -3.11. The number of nitrogens with two attached hydrogens (primary N) is 1. The number of ether oxygens (including phenoxy) is 1. The van der Waals surface area contributed by atoms with E-state index in [1.54, 1.807) is 0 Å². The molecular weight excluding hydrogens is 296 g/mol. The van der Waals surface area contributed by atoms with Crippen LogP contribution in [0.3, 0.4) is 0 Å². The maximum Gasteiger partial charge on any atom is 0.329 e. The van der Waals surface area contributed by atoms with E-state index < -0.39 is 23.2 Å². The molecule has 0 spiro atoms. The van der Waals surface area contributed by atoms with E-state index in [2.05, 4.69) is 19.9 Å². The molecule has 0 aliphatic heterocycles. The van der Waals surface area contributed by atoms with Gasteiger partial charge in [0.25, 0.3) is 5.56 Å². The van der Waals surface area contributed by atoms with Crippen molar-refractivity contribution in [1.29, 1.82) is 0 Å². The van der Waals surface area contributed by atoms with Crippen molar-refractivity contribution >= 4 is 23.2 Å². The summed E-state index contributed by atoms with van der Waals surface area (Å²) in [5, 5.41) is 10.8. The standard InChI is InChI=1S/C11H14N6O5/c1-16-8-7(9(19)14-11(16)20)17(5-13-8)4-2-3-6(18)22-10(12)15-21/h5,21H,2-4H2,1H3,(H2,12,15)(H,14,19,20). The molecule has 2 rings (SSSR count). The first kappa shape index (κ1) is 15.3. The third kappa shape index (κ3) is 2.97. The van der Waals surface area contributed by atoms with Gasteiger partial charge >= 0.3 is 17.7 Å². The lowest BCUT2D eigenvalue weighted by Gasteiger charge is -2.04. The van der Waals surface area contributed by atoms with E-state index in [4.69, 9.17) is 10.9 Å². The van der Waals surface area contributed by atoms with Crippen LogP contribution in [0, 0.1) is 0 Å². The third-order valence-electron chi connectivity index (χ3n) is 2.97. The Bertz CT molecular complexity index is 845. The van der Waals surface area contributed by atoms with Crippen LogP contribution in [-0.2, 0) is 23.1 Å². The van der Waals surface area contributed by atoms with E-state index in [0.717, 1.165) is 0 Å². The van der Waals surface area contributed by atoms with Gasteiger partial charge in [-0.05, 0) is 11.6 Å². The maximum atomic E-state index is 11.8. The average Bonchev–Trinajstić information content (AvgIpc) is 2.89. The Morgan fingerprint density at radius 2 is 2.27 bits per heavy atom. The average molecular weight is 310 g/mol. The number of nitrogens with zero attached hydrogens (tertiary/aromatic N) is 4. The molecule has 0 unspecified atom stereocenters. The summed E-state index contributed by atoms with van der Waals surface area (Å²) in [6, 6.07) is -0.635. The largest absolute Gasteiger partial charge is 0.407 e. The van der Waals surface area contributed by atoms with Crippen molar-refractivity contribution in [3.05, 3.63) is 27.2 Å². The van der Waals surface area contributed by atoms with Gasteiger partial charge in [0.1, 0.15) is 0 Å². The number of carbonyl (C=O) groups is 1. The molecule has 0 bridgehead atoms. The molecular formula is C11H14N6O5. The molecule has 11 heteroatoms. The fourth-order valence-corrected chi connectivity index (χ4v) is 1.94. The summed E-state index contributed by atoms with van der Waals surface area (Å²) >= 11 is 0. The fraction of sp³-hybridized carbons (Fsp3) is 0.364. The number of imidazole rings is 1. The van der Waals surface area contributed by atoms with Gasteiger partial charge in [-0.1, -0.05) is 0 Å². The van der Waals surface area contributed by atoms with Crippen LogP contribution >= 0.6 is 0 Å². The zero-order chi connectivity index (χ0) is 16.3. The van der Waals surface area contributed by atoms with Crippen molar-refractivity contribution in [3.63, 3.8) is 0 Å². The number of aryl methyl sites for hydroxylation is 2. The molecule has 0 amide bonds. The summed E-state index contributed by atoms with van der Waals surface area (Å²) in [6.45, 7) is 0.309. The van der Waals surface area contributed by atoms with Gasteiger partial charge in [-0.25, -0.2) is 9.78 Å². The van der Waals surface area contributed by atoms with Crippen molar-refractivity contribution in [2.24, 2.45) is 17.9 Å². The summed E-state index contributed by atoms with van der Waals surface area (Å²) in [6.07, 6.45) is 1.75. The highest BCUT2D eigenvalue weighted by atomic mass is 16.6. The second kappa shape index (κ2) is 6.11. The lowest BCUT2D eigenvalue weighted by Crippen LogP contribution is -2.29. The van der Waals surface area contributed by atoms with Crippen molar-refractivity contribution in [2.45, 2.75) is 19.4 Å². The Labute approximate surface area is 122 Å². The minimum Gasteiger partial charge on any atom is -0.407 e. The summed E-state index contributed by atoms with van der Waals surface area (Å²) in [5.41, 5.74) is 4.43. The van der Waals surface area contributed by atoms with Crippen LogP contribution in [0.4, 0.5) is 0 Å². The number of H-pyrrole nitrogens is 1. The molecule has 0 atom stereocenters. The minimum atomic E-state index is -0.666. The first-order valence-electron chi connectivity index (χ1n) is 6.26. The first-order chi connectivity index (χ1) is 10.4. The predicted molar refractivity (Wildman–Crippen MR) is 74.3 cm³/mol. The van der Waals surface area contributed by atoms with Gasteiger partial charge in [-0.3, -0.25) is 19.1 Å². The molecule has 118 valence electrons. The number of carbonyl (C=O) groups excluding carboxylic acids is 1. The quantitative estimate of drug-likeness (QED) is 0.203. The predicted octanol–water partition coefficient (Wildman–Crippen LogP) is -1.55. The zero-order valence-electron chi connectivity index (χ0n) is 11.6. The van der Waals surface area contributed by atoms with Crippen LogP contribution in [0.25, 0.3) is 11.2 Å². The number of rotatable bonds is 4. The van der Waals surface area contributed by atoms with Gasteiger partial charge in [-0.2, -0.15) is 0 Å². The highest BCUT2D eigenvalue weighted by Crippen LogP contribution is 2.07. The molecule has 22 heavy (non-hydrogen) atoms. The summed E-state index contributed by atoms with van der Waals surface area (Å²) in [7, 11) is 1.49. The van der Waals surface area contributed by atoms with Crippen LogP contribution in [0.1, 0.15) is 12.8 Å². The Balaban J connectivity index is 2.11. The molecule has 4 N–H and O–H groups in total. The highest BCUT2D eigenvalue weighted by molar-refractivity contribution is 5.86. The number of aromatic nitrogens is 4. The van der Waals surface area contributed by atoms with E-state index in [0.29, 0.717) is 13.0 Å². The van der Waals surface area contributed by atoms with E-state index in [1.165, 1.54) is 22.5 Å². The van der Waals surface area contributed by atoms with Crippen LogP contribution < -0.4 is 17.0 Å². The summed E-state index contributed by atoms with van der Waals surface area (Å²) < 4.78 is 7.22. The summed E-state index contributed by atoms with van der Waals surface area (Å²) in [5.74, 6) is -0.666. The number of hydrogen-bond acceptors (Lipinski definition) is 7. The van der Waals surface area contributed by atoms with Crippen LogP contribution in [-0.4, -0.2) is 36.3 Å². The van der Waals surface area contributed by atoms with Crippen molar-refractivity contribution < 1.29 is 14.7 Å². The first-order valence-corrected chi connectivity index (χ1v) is 6.26. The zero-order valence-corrected chi connectivity index (χ0v) is 11.6. The molecule has 0 fully saturated rings. The highest BCUT2D eigenvalue weighted by Gasteiger charge is 2.12. The van der Waals surface area contributed by atoms with Crippen LogP contribution in [0.15, 0.2) is 21.1 Å². The number of aromatic amines is 1. The maximum absolute atomic E-state index is 11.8. The number of hydrogen-bond donors (Lipinski definition) is 3. The molecule has 0 radical (unpaired) electrons. The van der Waals surface area contributed by atoms with E-state index >= 15 is 0 Å². The van der Waals surface area contributed by atoms with E-state index in [-0.39, 0.29) is 17.6 Å². The second-order valence-corrected chi connectivity index (χ2v) is 4.44. The molecule has 0 aromatic carbocycles. The topological polar surface area (TPSA) is 158 Å². The van der Waals surface area contributed by atoms with Gasteiger partial charge in [0, 0.05) is 20.0 Å². The number of esters is 1. The van der Waals surface area contributed by atoms with Gasteiger partial charge < -0.3 is 20.2 Å². The number of oxime groups is 1. The normalized spacial score (nSPS) is 11.8. The second-order valence-electron chi connectivity index (χ2n) is 4.44. The van der Waals surface area contributed by atoms with Crippen molar-refractivity contribution in [3.8, 4) is 0 Å². The minimum absolute atomic E-state index is 0.000434. The number of nitrogens with one attached hydrogen (secondary N) is 1. The Kier molecular flexibility index (Phi) is 4.25. The molecule has 0 saturated carbocycles. The van der Waals surface area contributed by atoms with Crippen molar-refractivity contribution in [2.75, 3.05) is 0 Å². The van der Waals surface area contributed by atoms with E-state index in [9.17, 15) is 14.4 Å². The molecule has 2 aromatic rings. The Morgan fingerprint density at radius 1 is 1.55 bits per heavy atom. The third-order valence-corrected chi connectivity index (χ3v) is 2.97. The van der Waals surface area contributed by atoms with Gasteiger partial charge in [-0.15, -0.1) is 0 Å². The Morgan fingerprint density at radius 3 is 2.95 bits per heavy atom. The molecule has 0 saturated heterocycles. The smallest absolute Gasteiger partial charge is 0.329 e. The molecule has 0 aliphatic rings. The van der Waals surface area contributed by atoms with Crippen LogP contribution in [0.2, 0.25) is 0 Å². The van der Waals surface area contributed by atoms with E-state index in [1.807, 2.05) is 0 Å². The molecule has 11 nitrogen and oxygen atoms in total. The monoisotopic (exact) mass is 310 g/mol. The lowest BCUT2D eigenvalue weighted by molar-refractivity contribution is -0.136. The van der Waals surface area contributed by atoms with Gasteiger partial charge in [0.05, 0.1) is 6.33 Å². The van der Waals surface area contributed by atoms with Gasteiger partial charge in [0.2, 0.25) is 0 Å². The SMILES string of the molecule is Cn1c(=O)[nH]c(=O)c2c1ncn2CCCC(=O)O/C(N)=N/O. The molecule has 0 aliphatic carbocycles. The van der Waals surface area contributed by atoms with Crippen molar-refractivity contribution in [1.82, 2.24) is 19.1 Å². The molecule has 2 heterocycles.